The maximum Gasteiger partial charge on any atom is 0.230 e. The molecule has 1 aromatic heterocycles. The molecule has 0 N–H and O–H groups in total. The van der Waals surface area contributed by atoms with Crippen molar-refractivity contribution >= 4 is 23.2 Å². The summed E-state index contributed by atoms with van der Waals surface area (Å²) in [5.74, 6) is 0.288. The first-order valence-corrected chi connectivity index (χ1v) is 10.5. The summed E-state index contributed by atoms with van der Waals surface area (Å²) in [7, 11) is 3.61. The number of thiophene rings is 1. The van der Waals surface area contributed by atoms with E-state index in [0.717, 1.165) is 18.4 Å². The quantitative estimate of drug-likeness (QED) is 0.753. The van der Waals surface area contributed by atoms with Crippen molar-refractivity contribution in [3.05, 3.63) is 47.3 Å². The summed E-state index contributed by atoms with van der Waals surface area (Å²) in [6, 6.07) is 12.7. The summed E-state index contributed by atoms with van der Waals surface area (Å²) in [6.45, 7) is 3.21. The van der Waals surface area contributed by atoms with E-state index in [0.29, 0.717) is 25.9 Å². The first-order valence-electron chi connectivity index (χ1n) is 9.57. The molecule has 0 spiro atoms. The second-order valence-electron chi connectivity index (χ2n) is 7.65. The normalized spacial score (nSPS) is 19.3. The number of amides is 2. The fourth-order valence-corrected chi connectivity index (χ4v) is 4.68. The van der Waals surface area contributed by atoms with Gasteiger partial charge in [0.1, 0.15) is 0 Å². The van der Waals surface area contributed by atoms with Crippen LogP contribution < -0.4 is 0 Å². The maximum absolute atomic E-state index is 13.0. The number of nitrogens with zero attached hydrogens (tertiary/aromatic N) is 2. The minimum atomic E-state index is -0.517. The second-order valence-corrected chi connectivity index (χ2v) is 8.59. The zero-order chi connectivity index (χ0) is 19.4. The Morgan fingerprint density at radius 2 is 1.93 bits per heavy atom. The van der Waals surface area contributed by atoms with Crippen molar-refractivity contribution in [2.45, 2.75) is 32.6 Å². The highest BCUT2D eigenvalue weighted by atomic mass is 32.1. The van der Waals surface area contributed by atoms with Crippen LogP contribution in [0.4, 0.5) is 0 Å². The van der Waals surface area contributed by atoms with Crippen molar-refractivity contribution in [1.29, 1.82) is 0 Å². The van der Waals surface area contributed by atoms with Gasteiger partial charge in [0.05, 0.1) is 5.41 Å². The van der Waals surface area contributed by atoms with Gasteiger partial charge in [-0.2, -0.15) is 0 Å². The Morgan fingerprint density at radius 3 is 2.52 bits per heavy atom. The molecule has 144 valence electrons. The van der Waals surface area contributed by atoms with Gasteiger partial charge in [-0.15, -0.1) is 11.3 Å². The van der Waals surface area contributed by atoms with Crippen molar-refractivity contribution in [1.82, 2.24) is 9.80 Å². The van der Waals surface area contributed by atoms with E-state index in [1.165, 1.54) is 10.4 Å². The van der Waals surface area contributed by atoms with Crippen LogP contribution in [0.2, 0.25) is 0 Å². The number of carbonyl (C=O) groups excluding carboxylic acids is 2. The van der Waals surface area contributed by atoms with Gasteiger partial charge in [-0.25, -0.2) is 0 Å². The lowest BCUT2D eigenvalue weighted by molar-refractivity contribution is -0.139. The van der Waals surface area contributed by atoms with Gasteiger partial charge >= 0.3 is 0 Å². The molecule has 0 bridgehead atoms. The highest BCUT2D eigenvalue weighted by Crippen LogP contribution is 2.37. The zero-order valence-corrected chi connectivity index (χ0v) is 17.2. The van der Waals surface area contributed by atoms with Crippen molar-refractivity contribution in [2.75, 3.05) is 27.2 Å². The third-order valence-corrected chi connectivity index (χ3v) is 6.25. The molecule has 3 rings (SSSR count). The molecule has 1 aromatic carbocycles. The highest BCUT2D eigenvalue weighted by molar-refractivity contribution is 7.13. The summed E-state index contributed by atoms with van der Waals surface area (Å²) in [4.78, 5) is 30.2. The van der Waals surface area contributed by atoms with Gasteiger partial charge in [0, 0.05) is 38.5 Å². The van der Waals surface area contributed by atoms with E-state index in [9.17, 15) is 9.59 Å². The average molecular weight is 385 g/mol. The van der Waals surface area contributed by atoms with E-state index < -0.39 is 5.41 Å². The van der Waals surface area contributed by atoms with Crippen molar-refractivity contribution < 1.29 is 9.59 Å². The Bertz CT molecular complexity index is 783. The van der Waals surface area contributed by atoms with Crippen LogP contribution in [-0.2, 0) is 16.0 Å². The number of rotatable bonds is 6. The van der Waals surface area contributed by atoms with Gasteiger partial charge in [0.2, 0.25) is 11.8 Å². The predicted octanol–water partition coefficient (Wildman–Crippen LogP) is 4.06. The molecule has 1 saturated heterocycles. The fraction of sp³-hybridized carbons (Fsp3) is 0.455. The Labute approximate surface area is 165 Å². The average Bonchev–Trinajstić information content (AvgIpc) is 3.33. The van der Waals surface area contributed by atoms with E-state index in [1.54, 1.807) is 30.3 Å². The molecule has 2 heterocycles. The summed E-state index contributed by atoms with van der Waals surface area (Å²) in [6.07, 6.45) is 2.80. The first-order chi connectivity index (χ1) is 12.9. The summed E-state index contributed by atoms with van der Waals surface area (Å²) < 4.78 is 0. The molecule has 0 radical (unpaired) electrons. The Hall–Kier alpha value is -2.14. The molecule has 2 amide bonds. The third-order valence-electron chi connectivity index (χ3n) is 5.33. The van der Waals surface area contributed by atoms with Crippen LogP contribution in [0.5, 0.6) is 0 Å². The van der Waals surface area contributed by atoms with Crippen LogP contribution in [0.25, 0.3) is 10.4 Å². The first kappa shape index (κ1) is 19.6. The summed E-state index contributed by atoms with van der Waals surface area (Å²) in [5.41, 5.74) is 1.83. The predicted molar refractivity (Wildman–Crippen MR) is 111 cm³/mol. The van der Waals surface area contributed by atoms with E-state index >= 15 is 0 Å². The molecule has 0 unspecified atom stereocenters. The van der Waals surface area contributed by atoms with Gasteiger partial charge in [0.25, 0.3) is 0 Å². The highest BCUT2D eigenvalue weighted by Gasteiger charge is 2.46. The molecular formula is C22H28N2O2S. The van der Waals surface area contributed by atoms with Crippen molar-refractivity contribution in [2.24, 2.45) is 5.41 Å². The van der Waals surface area contributed by atoms with E-state index in [-0.39, 0.29) is 11.8 Å². The molecule has 1 aliphatic heterocycles. The number of carbonyl (C=O) groups is 2. The molecule has 1 atom stereocenters. The molecule has 4 nitrogen and oxygen atoms in total. The minimum Gasteiger partial charge on any atom is -0.348 e. The van der Waals surface area contributed by atoms with E-state index in [2.05, 4.69) is 41.8 Å². The largest absolute Gasteiger partial charge is 0.348 e. The molecule has 1 aliphatic rings. The maximum atomic E-state index is 13.0. The van der Waals surface area contributed by atoms with Gasteiger partial charge in [-0.3, -0.25) is 9.59 Å². The van der Waals surface area contributed by atoms with Crippen LogP contribution in [0, 0.1) is 5.41 Å². The lowest BCUT2D eigenvalue weighted by Crippen LogP contribution is -2.44. The number of hydrogen-bond acceptors (Lipinski definition) is 3. The van der Waals surface area contributed by atoms with Crippen LogP contribution in [0.15, 0.2) is 41.8 Å². The Balaban J connectivity index is 1.80. The number of likely N-dealkylation sites (tertiary alicyclic amines) is 1. The van der Waals surface area contributed by atoms with Gasteiger partial charge in [-0.1, -0.05) is 37.3 Å². The molecule has 2 aromatic rings. The minimum absolute atomic E-state index is 0.122. The smallest absolute Gasteiger partial charge is 0.230 e. The SMILES string of the molecule is CCCC(=O)N1CC[C@@](Cc2ccc(-c3cccs3)cc2)(C(=O)N(C)C)C1. The second kappa shape index (κ2) is 8.26. The van der Waals surface area contributed by atoms with Crippen molar-refractivity contribution in [3.63, 3.8) is 0 Å². The molecule has 5 heteroatoms. The van der Waals surface area contributed by atoms with Crippen LogP contribution in [0.1, 0.15) is 31.7 Å². The lowest BCUT2D eigenvalue weighted by Gasteiger charge is -2.31. The van der Waals surface area contributed by atoms with Crippen LogP contribution >= 0.6 is 11.3 Å². The van der Waals surface area contributed by atoms with Crippen LogP contribution in [-0.4, -0.2) is 48.8 Å². The third kappa shape index (κ3) is 4.24. The number of benzene rings is 1. The molecule has 0 aliphatic carbocycles. The molecule has 27 heavy (non-hydrogen) atoms. The zero-order valence-electron chi connectivity index (χ0n) is 16.4. The summed E-state index contributed by atoms with van der Waals surface area (Å²) in [5, 5.41) is 2.08. The van der Waals surface area contributed by atoms with Gasteiger partial charge in [-0.05, 0) is 41.8 Å². The fourth-order valence-electron chi connectivity index (χ4n) is 3.95. The topological polar surface area (TPSA) is 40.6 Å². The van der Waals surface area contributed by atoms with Gasteiger partial charge < -0.3 is 9.80 Å². The van der Waals surface area contributed by atoms with E-state index in [1.807, 2.05) is 11.8 Å². The molecular weight excluding hydrogens is 356 g/mol. The Morgan fingerprint density at radius 1 is 1.19 bits per heavy atom. The standard InChI is InChI=1S/C22H28N2O2S/c1-4-6-20(25)24-13-12-22(16-24,21(26)23(2)3)15-17-8-10-18(11-9-17)19-7-5-14-27-19/h5,7-11,14H,4,6,12-13,15-16H2,1-3H3/t22-/m0/s1. The van der Waals surface area contributed by atoms with Crippen LogP contribution in [0.3, 0.4) is 0 Å². The van der Waals surface area contributed by atoms with Crippen molar-refractivity contribution in [3.8, 4) is 10.4 Å². The number of hydrogen-bond donors (Lipinski definition) is 0. The molecule has 1 fully saturated rings. The summed E-state index contributed by atoms with van der Waals surface area (Å²) >= 11 is 1.73. The lowest BCUT2D eigenvalue weighted by atomic mass is 9.79. The van der Waals surface area contributed by atoms with Gasteiger partial charge in [0.15, 0.2) is 0 Å². The Kier molecular flexibility index (Phi) is 6.00. The molecule has 0 saturated carbocycles. The monoisotopic (exact) mass is 384 g/mol. The van der Waals surface area contributed by atoms with E-state index in [4.69, 9.17) is 0 Å².